The smallest absolute Gasteiger partial charge is 0.326 e. The predicted molar refractivity (Wildman–Crippen MR) is 127 cm³/mol. The van der Waals surface area contributed by atoms with E-state index in [4.69, 9.17) is 4.84 Å². The first-order valence-corrected chi connectivity index (χ1v) is 11.4. The van der Waals surface area contributed by atoms with Gasteiger partial charge in [-0.05, 0) is 61.4 Å². The Labute approximate surface area is 190 Å². The molecule has 4 rings (SSSR count). The van der Waals surface area contributed by atoms with Crippen molar-refractivity contribution in [2.75, 3.05) is 5.32 Å². The van der Waals surface area contributed by atoms with Crippen molar-refractivity contribution in [3.63, 3.8) is 0 Å². The van der Waals surface area contributed by atoms with Crippen LogP contribution in [0.4, 0.5) is 5.69 Å². The zero-order valence-electron chi connectivity index (χ0n) is 19.6. The summed E-state index contributed by atoms with van der Waals surface area (Å²) < 4.78 is 0. The van der Waals surface area contributed by atoms with Gasteiger partial charge in [0.15, 0.2) is 0 Å². The van der Waals surface area contributed by atoms with Gasteiger partial charge in [0.2, 0.25) is 5.91 Å². The number of aryl methyl sites for hydroxylation is 2. The van der Waals surface area contributed by atoms with Crippen molar-refractivity contribution in [2.45, 2.75) is 60.3 Å². The van der Waals surface area contributed by atoms with Crippen molar-refractivity contribution in [1.82, 2.24) is 0 Å². The lowest BCUT2D eigenvalue weighted by atomic mass is 9.64. The molecule has 1 N–H and O–H groups in total. The van der Waals surface area contributed by atoms with E-state index < -0.39 is 11.4 Å². The summed E-state index contributed by atoms with van der Waals surface area (Å²) in [7, 11) is 0. The van der Waals surface area contributed by atoms with E-state index in [2.05, 4.69) is 38.2 Å². The van der Waals surface area contributed by atoms with E-state index in [1.165, 1.54) is 5.56 Å². The number of carbonyl (C=O) groups excluding carboxylic acids is 2. The lowest BCUT2D eigenvalue weighted by Gasteiger charge is -2.39. The van der Waals surface area contributed by atoms with Crippen LogP contribution in [0.25, 0.3) is 0 Å². The van der Waals surface area contributed by atoms with Crippen LogP contribution in [0.5, 0.6) is 0 Å². The largest absolute Gasteiger partial charge is 0.365 e. The lowest BCUT2D eigenvalue weighted by molar-refractivity contribution is -0.130. The van der Waals surface area contributed by atoms with Gasteiger partial charge in [0.1, 0.15) is 0 Å². The molecule has 2 bridgehead atoms. The molecule has 2 aliphatic carbocycles. The molecule has 2 aliphatic rings. The van der Waals surface area contributed by atoms with Gasteiger partial charge in [0, 0.05) is 17.5 Å². The molecule has 5 nitrogen and oxygen atoms in total. The number of nitrogens with zero attached hydrogens (tertiary/aromatic N) is 1. The van der Waals surface area contributed by atoms with E-state index in [1.54, 1.807) is 12.1 Å². The molecule has 0 spiro atoms. The highest BCUT2D eigenvalue weighted by Crippen LogP contribution is 2.71. The van der Waals surface area contributed by atoms with Gasteiger partial charge < -0.3 is 10.2 Å². The molecule has 0 aliphatic heterocycles. The Morgan fingerprint density at radius 1 is 1.00 bits per heavy atom. The molecular formula is C27H32N2O3. The molecule has 2 unspecified atom stereocenters. The fourth-order valence-corrected chi connectivity index (χ4v) is 5.44. The number of amides is 1. The van der Waals surface area contributed by atoms with Gasteiger partial charge in [-0.25, -0.2) is 4.79 Å². The van der Waals surface area contributed by atoms with Crippen LogP contribution in [-0.2, 0) is 16.1 Å². The third kappa shape index (κ3) is 3.35. The Balaban J connectivity index is 1.56. The van der Waals surface area contributed by atoms with Crippen LogP contribution < -0.4 is 5.32 Å². The van der Waals surface area contributed by atoms with E-state index >= 15 is 0 Å². The molecule has 0 radical (unpaired) electrons. The topological polar surface area (TPSA) is 67.8 Å². The summed E-state index contributed by atoms with van der Waals surface area (Å²) in [6, 6.07) is 15.2. The second kappa shape index (κ2) is 7.88. The summed E-state index contributed by atoms with van der Waals surface area (Å²) in [4.78, 5) is 31.4. The average Bonchev–Trinajstić information content (AvgIpc) is 3.09. The fourth-order valence-electron chi connectivity index (χ4n) is 5.44. The van der Waals surface area contributed by atoms with Crippen molar-refractivity contribution in [3.05, 3.63) is 65.2 Å². The number of anilines is 1. The number of carbonyl (C=O) groups is 2. The van der Waals surface area contributed by atoms with E-state index in [1.807, 2.05) is 43.3 Å². The molecule has 2 saturated carbocycles. The molecular weight excluding hydrogens is 400 g/mol. The number of hydrogen-bond donors (Lipinski definition) is 1. The number of nitrogens with one attached hydrogen (secondary N) is 1. The van der Waals surface area contributed by atoms with Crippen LogP contribution in [0.1, 0.15) is 68.4 Å². The molecule has 2 aromatic carbocycles. The summed E-state index contributed by atoms with van der Waals surface area (Å²) in [6.45, 7) is 10.5. The number of fused-ring (bicyclic) bond motifs is 2. The normalized spacial score (nSPS) is 26.8. The summed E-state index contributed by atoms with van der Waals surface area (Å²) >= 11 is 0. The van der Waals surface area contributed by atoms with E-state index in [-0.39, 0.29) is 16.7 Å². The molecule has 32 heavy (non-hydrogen) atoms. The van der Waals surface area contributed by atoms with E-state index in [9.17, 15) is 9.59 Å². The molecule has 5 heteroatoms. The maximum absolute atomic E-state index is 13.6. The number of hydrogen-bond acceptors (Lipinski definition) is 4. The van der Waals surface area contributed by atoms with Gasteiger partial charge in [-0.2, -0.15) is 0 Å². The Morgan fingerprint density at radius 2 is 1.66 bits per heavy atom. The SMILES string of the molecule is CCc1ccc(NC(=O)C23CCC(C)(/C(=N\OC(=O)c4ccc(C)cc4)C2)C3(C)C)cc1. The van der Waals surface area contributed by atoms with Crippen LogP contribution in [0.15, 0.2) is 53.7 Å². The first-order chi connectivity index (χ1) is 15.1. The van der Waals surface area contributed by atoms with Crippen molar-refractivity contribution >= 4 is 23.3 Å². The minimum absolute atomic E-state index is 0.0190. The first-order valence-electron chi connectivity index (χ1n) is 11.4. The van der Waals surface area contributed by atoms with Crippen LogP contribution >= 0.6 is 0 Å². The summed E-state index contributed by atoms with van der Waals surface area (Å²) in [5.74, 6) is -0.457. The van der Waals surface area contributed by atoms with Gasteiger partial charge in [-0.15, -0.1) is 0 Å². The second-order valence-electron chi connectivity index (χ2n) is 10.0. The summed E-state index contributed by atoms with van der Waals surface area (Å²) in [5.41, 5.74) is 3.18. The van der Waals surface area contributed by atoms with Gasteiger partial charge in [0.05, 0.1) is 16.7 Å². The Bertz CT molecular complexity index is 1070. The maximum Gasteiger partial charge on any atom is 0.365 e. The molecule has 2 aromatic rings. The highest BCUT2D eigenvalue weighted by molar-refractivity contribution is 6.06. The molecule has 2 fully saturated rings. The third-order valence-corrected chi connectivity index (χ3v) is 8.31. The van der Waals surface area contributed by atoms with Crippen LogP contribution in [-0.4, -0.2) is 17.6 Å². The zero-order valence-corrected chi connectivity index (χ0v) is 19.6. The van der Waals surface area contributed by atoms with E-state index in [0.29, 0.717) is 12.0 Å². The van der Waals surface area contributed by atoms with Crippen molar-refractivity contribution < 1.29 is 14.4 Å². The predicted octanol–water partition coefficient (Wildman–Crippen LogP) is 5.93. The molecule has 2 atom stereocenters. The van der Waals surface area contributed by atoms with Crippen molar-refractivity contribution in [3.8, 4) is 0 Å². The van der Waals surface area contributed by atoms with Gasteiger partial charge >= 0.3 is 5.97 Å². The van der Waals surface area contributed by atoms with Gasteiger partial charge in [-0.3, -0.25) is 4.79 Å². The van der Waals surface area contributed by atoms with Crippen LogP contribution in [0.2, 0.25) is 0 Å². The number of oxime groups is 1. The Hall–Kier alpha value is -2.95. The standard InChI is InChI=1S/C27H32N2O3/c1-6-19-9-13-21(14-10-19)28-24(31)27-16-15-26(5,25(27,3)4)22(17-27)29-32-23(30)20-11-7-18(2)8-12-20/h7-14H,6,15-17H2,1-5H3,(H,28,31)/b29-22-. The second-order valence-corrected chi connectivity index (χ2v) is 10.0. The minimum atomic E-state index is -0.583. The maximum atomic E-state index is 13.6. The van der Waals surface area contributed by atoms with Crippen LogP contribution in [0, 0.1) is 23.2 Å². The molecule has 1 amide bonds. The average molecular weight is 433 g/mol. The molecule has 168 valence electrons. The molecule has 0 saturated heterocycles. The summed E-state index contributed by atoms with van der Waals surface area (Å²) in [5, 5.41) is 7.46. The van der Waals surface area contributed by atoms with Crippen LogP contribution in [0.3, 0.4) is 0 Å². The van der Waals surface area contributed by atoms with Gasteiger partial charge in [0.25, 0.3) is 0 Å². The number of rotatable bonds is 5. The monoisotopic (exact) mass is 432 g/mol. The quantitative estimate of drug-likeness (QED) is 0.471. The van der Waals surface area contributed by atoms with Gasteiger partial charge in [-0.1, -0.05) is 62.7 Å². The zero-order chi connectivity index (χ0) is 23.1. The summed E-state index contributed by atoms with van der Waals surface area (Å²) in [6.07, 6.45) is 3.09. The number of benzene rings is 2. The minimum Gasteiger partial charge on any atom is -0.326 e. The molecule has 0 heterocycles. The molecule has 0 aromatic heterocycles. The van der Waals surface area contributed by atoms with Crippen molar-refractivity contribution in [1.29, 1.82) is 0 Å². The highest BCUT2D eigenvalue weighted by Gasteiger charge is 2.71. The fraction of sp³-hybridized carbons (Fsp3) is 0.444. The Kier molecular flexibility index (Phi) is 5.48. The third-order valence-electron chi connectivity index (χ3n) is 8.31. The highest BCUT2D eigenvalue weighted by atomic mass is 16.7. The van der Waals surface area contributed by atoms with Crippen molar-refractivity contribution in [2.24, 2.45) is 21.4 Å². The first kappa shape index (κ1) is 22.3. The van der Waals surface area contributed by atoms with E-state index in [0.717, 1.165) is 36.2 Å². The lowest BCUT2D eigenvalue weighted by Crippen LogP contribution is -2.43. The Morgan fingerprint density at radius 3 is 2.28 bits per heavy atom.